The number of hydrogen-bond donors (Lipinski definition) is 4. The van der Waals surface area contributed by atoms with Crippen molar-refractivity contribution in [1.29, 1.82) is 0 Å². The maximum atomic E-state index is 12.6. The highest BCUT2D eigenvalue weighted by molar-refractivity contribution is 5.76. The minimum Gasteiger partial charge on any atom is -0.392 e. The Kier molecular flexibility index (Phi) is 14.8. The molecule has 286 valence electrons. The highest BCUT2D eigenvalue weighted by Gasteiger charge is 2.34. The first-order chi connectivity index (χ1) is 26.5. The van der Waals surface area contributed by atoms with Gasteiger partial charge in [0.25, 0.3) is 0 Å². The van der Waals surface area contributed by atoms with Crippen LogP contribution < -0.4 is 10.8 Å². The predicted molar refractivity (Wildman–Crippen MR) is 208 cm³/mol. The summed E-state index contributed by atoms with van der Waals surface area (Å²) in [5.74, 6) is -0.375. The molecule has 0 aromatic heterocycles. The van der Waals surface area contributed by atoms with E-state index in [9.17, 15) is 14.7 Å². The lowest BCUT2D eigenvalue weighted by Gasteiger charge is -2.40. The predicted octanol–water partition coefficient (Wildman–Crippen LogP) is 6.67. The minimum absolute atomic E-state index is 0.00372. The molecule has 2 heterocycles. The molecular formula is C44H54N4O6. The highest BCUT2D eigenvalue weighted by atomic mass is 16.7. The average Bonchev–Trinajstić information content (AvgIpc) is 3.22. The molecule has 0 radical (unpaired) electrons. The number of rotatable bonds is 17. The van der Waals surface area contributed by atoms with Crippen molar-refractivity contribution >= 4 is 11.8 Å². The molecule has 2 saturated heterocycles. The first kappa shape index (κ1) is 39.3. The lowest BCUT2D eigenvalue weighted by atomic mass is 9.97. The van der Waals surface area contributed by atoms with E-state index in [1.54, 1.807) is 5.48 Å². The van der Waals surface area contributed by atoms with E-state index in [0.29, 0.717) is 19.4 Å². The number of unbranched alkanes of at least 4 members (excludes halogenated alkanes) is 3. The van der Waals surface area contributed by atoms with Crippen LogP contribution in [0.3, 0.4) is 0 Å². The first-order valence-corrected chi connectivity index (χ1v) is 19.3. The number of carbonyl (C=O) groups excluding carboxylic acids is 2. The SMILES string of the molecule is O=C(CCCCCCC(=O)NCc1ccccc1-c1ccc([C@H]2O[C@@H](CN3CCN(Cc4ccccc4)CC3)C[C@@H](c3ccc(CO)cc3)O2)cc1)NO. The van der Waals surface area contributed by atoms with Crippen LogP contribution in [0, 0.1) is 0 Å². The quantitative estimate of drug-likeness (QED) is 0.0539. The summed E-state index contributed by atoms with van der Waals surface area (Å²) in [5.41, 5.74) is 9.05. The second-order valence-corrected chi connectivity index (χ2v) is 14.4. The van der Waals surface area contributed by atoms with Gasteiger partial charge in [0.2, 0.25) is 11.8 Å². The van der Waals surface area contributed by atoms with Crippen LogP contribution in [0.2, 0.25) is 0 Å². The molecule has 2 aliphatic heterocycles. The molecule has 6 rings (SSSR count). The van der Waals surface area contributed by atoms with Crippen molar-refractivity contribution in [2.45, 2.75) is 83.1 Å². The zero-order valence-corrected chi connectivity index (χ0v) is 31.1. The van der Waals surface area contributed by atoms with Crippen molar-refractivity contribution in [1.82, 2.24) is 20.6 Å². The molecule has 54 heavy (non-hydrogen) atoms. The zero-order valence-electron chi connectivity index (χ0n) is 31.1. The van der Waals surface area contributed by atoms with E-state index >= 15 is 0 Å². The molecule has 10 heteroatoms. The number of hydrogen-bond acceptors (Lipinski definition) is 8. The Morgan fingerprint density at radius 3 is 2.04 bits per heavy atom. The van der Waals surface area contributed by atoms with Crippen LogP contribution in [0.25, 0.3) is 11.1 Å². The minimum atomic E-state index is -0.527. The van der Waals surface area contributed by atoms with Gasteiger partial charge in [-0.05, 0) is 46.2 Å². The van der Waals surface area contributed by atoms with E-state index in [1.807, 2.05) is 30.3 Å². The Hall–Kier alpha value is -4.42. The molecule has 2 fully saturated rings. The lowest BCUT2D eigenvalue weighted by molar-refractivity contribution is -0.253. The van der Waals surface area contributed by atoms with Gasteiger partial charge in [-0.25, -0.2) is 5.48 Å². The zero-order chi connectivity index (χ0) is 37.5. The van der Waals surface area contributed by atoms with E-state index in [2.05, 4.69) is 87.9 Å². The number of nitrogens with one attached hydrogen (secondary N) is 2. The highest BCUT2D eigenvalue weighted by Crippen LogP contribution is 2.39. The number of piperazine rings is 1. The Balaban J connectivity index is 1.06. The second kappa shape index (κ2) is 20.3. The second-order valence-electron chi connectivity index (χ2n) is 14.4. The molecule has 0 aliphatic carbocycles. The summed E-state index contributed by atoms with van der Waals surface area (Å²) < 4.78 is 13.4. The number of aliphatic hydroxyl groups excluding tert-OH is 1. The Morgan fingerprint density at radius 1 is 0.685 bits per heavy atom. The summed E-state index contributed by atoms with van der Waals surface area (Å²) >= 11 is 0. The first-order valence-electron chi connectivity index (χ1n) is 19.3. The number of hydroxylamine groups is 1. The molecular weight excluding hydrogens is 681 g/mol. The molecule has 4 aromatic rings. The molecule has 4 N–H and O–H groups in total. The molecule has 0 spiro atoms. The number of carbonyl (C=O) groups is 2. The van der Waals surface area contributed by atoms with E-state index < -0.39 is 6.29 Å². The normalized spacial score (nSPS) is 19.3. The van der Waals surface area contributed by atoms with Gasteiger partial charge in [0.1, 0.15) is 0 Å². The van der Waals surface area contributed by atoms with E-state index in [0.717, 1.165) is 98.3 Å². The molecule has 0 bridgehead atoms. The monoisotopic (exact) mass is 734 g/mol. The molecule has 4 aromatic carbocycles. The maximum absolute atomic E-state index is 12.6. The van der Waals surface area contributed by atoms with Gasteiger partial charge in [0, 0.05) is 70.6 Å². The summed E-state index contributed by atoms with van der Waals surface area (Å²) in [5, 5.41) is 21.3. The molecule has 0 unspecified atom stereocenters. The standard InChI is InChI=1S/C44H54N4O6/c49-32-34-16-18-36(19-17-34)41-28-39(31-48-26-24-47(25-27-48)30-33-10-4-3-5-11-33)53-44(54-41)37-22-20-35(21-23-37)40-13-9-8-12-38(40)29-45-42(50)14-6-1-2-7-15-43(51)46-52/h3-5,8-13,16-23,39,41,44,49,52H,1-2,6-7,14-15,24-32H2,(H,45,50)(H,46,51)/t39-,41+,44+/m1/s1. The number of ether oxygens (including phenoxy) is 2. The average molecular weight is 735 g/mol. The number of nitrogens with zero attached hydrogens (tertiary/aromatic N) is 2. The fraction of sp³-hybridized carbons (Fsp3) is 0.409. The van der Waals surface area contributed by atoms with Crippen LogP contribution in [0.5, 0.6) is 0 Å². The van der Waals surface area contributed by atoms with Gasteiger partial charge in [-0.15, -0.1) is 0 Å². The fourth-order valence-electron chi connectivity index (χ4n) is 7.33. The van der Waals surface area contributed by atoms with Gasteiger partial charge in [0.05, 0.1) is 18.8 Å². The van der Waals surface area contributed by atoms with Gasteiger partial charge < -0.3 is 19.9 Å². The number of aliphatic hydroxyl groups is 1. The topological polar surface area (TPSA) is 124 Å². The van der Waals surface area contributed by atoms with Crippen molar-refractivity contribution in [3.63, 3.8) is 0 Å². The molecule has 2 amide bonds. The number of amides is 2. The molecule has 10 nitrogen and oxygen atoms in total. The summed E-state index contributed by atoms with van der Waals surface area (Å²) in [4.78, 5) is 28.8. The third-order valence-electron chi connectivity index (χ3n) is 10.5. The summed E-state index contributed by atoms with van der Waals surface area (Å²) in [6.45, 7) is 6.29. The smallest absolute Gasteiger partial charge is 0.243 e. The van der Waals surface area contributed by atoms with Crippen LogP contribution >= 0.6 is 0 Å². The van der Waals surface area contributed by atoms with Gasteiger partial charge >= 0.3 is 0 Å². The van der Waals surface area contributed by atoms with Crippen molar-refractivity contribution in [3.8, 4) is 11.1 Å². The lowest BCUT2D eigenvalue weighted by Crippen LogP contribution is -2.49. The van der Waals surface area contributed by atoms with Gasteiger partial charge in [0.15, 0.2) is 6.29 Å². The fourth-order valence-corrected chi connectivity index (χ4v) is 7.33. The van der Waals surface area contributed by atoms with Crippen molar-refractivity contribution in [2.24, 2.45) is 0 Å². The van der Waals surface area contributed by atoms with Crippen LogP contribution in [0.1, 0.15) is 85.2 Å². The van der Waals surface area contributed by atoms with E-state index in [-0.39, 0.29) is 37.0 Å². The summed E-state index contributed by atoms with van der Waals surface area (Å²) in [7, 11) is 0. The van der Waals surface area contributed by atoms with Gasteiger partial charge in [-0.1, -0.05) is 116 Å². The van der Waals surface area contributed by atoms with Crippen molar-refractivity contribution < 1.29 is 29.4 Å². The maximum Gasteiger partial charge on any atom is 0.243 e. The Labute approximate surface area is 319 Å². The molecule has 0 saturated carbocycles. The van der Waals surface area contributed by atoms with Crippen molar-refractivity contribution in [3.05, 3.63) is 131 Å². The van der Waals surface area contributed by atoms with Crippen LogP contribution in [0.4, 0.5) is 0 Å². The number of benzene rings is 4. The summed E-state index contributed by atoms with van der Waals surface area (Å²) in [6, 6.07) is 35.2. The van der Waals surface area contributed by atoms with Gasteiger partial charge in [-0.3, -0.25) is 24.6 Å². The van der Waals surface area contributed by atoms with E-state index in [1.165, 1.54) is 5.56 Å². The third kappa shape index (κ3) is 11.5. The van der Waals surface area contributed by atoms with Crippen LogP contribution in [0.15, 0.2) is 103 Å². The molecule has 3 atom stereocenters. The third-order valence-corrected chi connectivity index (χ3v) is 10.5. The van der Waals surface area contributed by atoms with Crippen LogP contribution in [-0.2, 0) is 38.8 Å². The van der Waals surface area contributed by atoms with Gasteiger partial charge in [-0.2, -0.15) is 0 Å². The molecule has 2 aliphatic rings. The van der Waals surface area contributed by atoms with E-state index in [4.69, 9.17) is 14.7 Å². The largest absolute Gasteiger partial charge is 0.392 e. The Bertz CT molecular complexity index is 1750. The Morgan fingerprint density at radius 2 is 1.33 bits per heavy atom. The van der Waals surface area contributed by atoms with Crippen LogP contribution in [-0.4, -0.2) is 70.8 Å². The summed E-state index contributed by atoms with van der Waals surface area (Å²) in [6.07, 6.45) is 3.92. The van der Waals surface area contributed by atoms with Crippen molar-refractivity contribution in [2.75, 3.05) is 32.7 Å².